The maximum atomic E-state index is 11.4. The van der Waals surface area contributed by atoms with Crippen LogP contribution in [0.1, 0.15) is 125 Å². The predicted octanol–water partition coefficient (Wildman–Crippen LogP) is 5.15. The first-order chi connectivity index (χ1) is 19.4. The van der Waals surface area contributed by atoms with Crippen LogP contribution in [0, 0.1) is 32.5 Å². The molecule has 13 heteroatoms. The molecule has 0 aliphatic heterocycles. The summed E-state index contributed by atoms with van der Waals surface area (Å²) in [5.74, 6) is -7.40. The quantitative estimate of drug-likeness (QED) is 0.161. The van der Waals surface area contributed by atoms with E-state index in [-0.39, 0.29) is 32.7 Å². The van der Waals surface area contributed by atoms with Crippen molar-refractivity contribution in [1.82, 2.24) is 0 Å². The summed E-state index contributed by atoms with van der Waals surface area (Å²) in [4.78, 5) is 102. The summed E-state index contributed by atoms with van der Waals surface area (Å²) < 4.78 is 13.4. The van der Waals surface area contributed by atoms with E-state index in [9.17, 15) is 43.2 Å². The van der Waals surface area contributed by atoms with Gasteiger partial charge in [-0.2, -0.15) is 0 Å². The van der Waals surface area contributed by atoms with Crippen LogP contribution in [0.15, 0.2) is 0 Å². The van der Waals surface area contributed by atoms with Gasteiger partial charge in [0.2, 0.25) is 17.3 Å². The average molecular weight is 732 g/mol. The zero-order valence-corrected chi connectivity index (χ0v) is 33.8. The largest absolute Gasteiger partial charge is 0.387 e. The Morgan fingerprint density at radius 1 is 0.283 bits per heavy atom. The first-order valence-electron chi connectivity index (χ1n) is 14.3. The van der Waals surface area contributed by atoms with Crippen LogP contribution in [-0.2, 0) is 90.1 Å². The van der Waals surface area contributed by atoms with Gasteiger partial charge in [-0.05, 0) is 62.3 Å². The van der Waals surface area contributed by atoms with Gasteiger partial charge in [-0.1, -0.05) is 62.3 Å². The Balaban J connectivity index is -0.000000285. The number of hydrogen-bond donors (Lipinski definition) is 0. The van der Waals surface area contributed by atoms with Gasteiger partial charge in [0.15, 0.2) is 0 Å². The Hall–Kier alpha value is -2.47. The maximum Gasteiger partial charge on any atom is 0.382 e. The fraction of sp³-hybridized carbons (Fsp3) is 0.727. The topological polar surface area (TPSA) is 181 Å². The summed E-state index contributed by atoms with van der Waals surface area (Å²) in [7, 11) is 0. The van der Waals surface area contributed by atoms with Crippen molar-refractivity contribution in [2.24, 2.45) is 32.5 Å². The molecule has 0 aromatic heterocycles. The first kappa shape index (κ1) is 50.4. The van der Waals surface area contributed by atoms with Gasteiger partial charge >= 0.3 is 35.8 Å². The molecule has 0 unspecified atom stereocenters. The minimum atomic E-state index is -1.08. The second-order valence-corrected chi connectivity index (χ2v) is 16.5. The first-order valence-corrected chi connectivity index (χ1v) is 14.3. The Morgan fingerprint density at radius 3 is 0.500 bits per heavy atom. The van der Waals surface area contributed by atoms with Crippen LogP contribution in [0.2, 0.25) is 0 Å². The van der Waals surface area contributed by atoms with Crippen LogP contribution in [0.3, 0.4) is 0 Å². The third-order valence-corrected chi connectivity index (χ3v) is 4.99. The number of ether oxygens (including phenoxy) is 3. The van der Waals surface area contributed by atoms with Gasteiger partial charge < -0.3 is 14.2 Å². The van der Waals surface area contributed by atoms with Crippen LogP contribution < -0.4 is 0 Å². The normalized spacial score (nSPS) is 11.9. The van der Waals surface area contributed by atoms with Crippen molar-refractivity contribution in [1.29, 1.82) is 0 Å². The van der Waals surface area contributed by atoms with Crippen molar-refractivity contribution in [3.05, 3.63) is 0 Å². The Kier molecular flexibility index (Phi) is 19.9. The molecule has 0 heterocycles. The molecule has 0 N–H and O–H groups in total. The Morgan fingerprint density at radius 2 is 0.413 bits per heavy atom. The number of esters is 6. The number of carbonyl (C=O) groups excluding carboxylic acids is 9. The summed E-state index contributed by atoms with van der Waals surface area (Å²) >= 11 is 0. The molecule has 0 aromatic carbocycles. The molecule has 0 amide bonds. The van der Waals surface area contributed by atoms with Crippen molar-refractivity contribution in [2.45, 2.75) is 125 Å². The van der Waals surface area contributed by atoms with Crippen molar-refractivity contribution in [2.75, 3.05) is 0 Å². The second-order valence-electron chi connectivity index (χ2n) is 16.5. The van der Waals surface area contributed by atoms with E-state index in [1.54, 1.807) is 125 Å². The average Bonchev–Trinajstić information content (AvgIpc) is 2.79. The molecule has 0 aliphatic carbocycles. The molecule has 12 nitrogen and oxygen atoms in total. The maximum absolute atomic E-state index is 11.4. The van der Waals surface area contributed by atoms with Crippen molar-refractivity contribution < 1.29 is 90.1 Å². The van der Waals surface area contributed by atoms with E-state index in [1.807, 2.05) is 0 Å². The molecule has 0 rings (SSSR count). The minimum absolute atomic E-state index is 0. The molecule has 0 atom stereocenters. The molecule has 0 bridgehead atoms. The number of carbonyl (C=O) groups is 9. The second kappa shape index (κ2) is 18.2. The van der Waals surface area contributed by atoms with Crippen molar-refractivity contribution in [3.8, 4) is 0 Å². The third-order valence-electron chi connectivity index (χ3n) is 4.99. The summed E-state index contributed by atoms with van der Waals surface area (Å²) in [6.45, 7) is 28.9. The summed E-state index contributed by atoms with van der Waals surface area (Å²) in [6, 6.07) is 0. The number of ketones is 3. The molecule has 0 saturated carbocycles. The Bertz CT molecular complexity index is 1020. The van der Waals surface area contributed by atoms with Gasteiger partial charge in [0.25, 0.3) is 0 Å². The standard InChI is InChI=1S/3C11H18O4.Y/c3*1-10(2,3)7(12)8(13)15-9(14)11(4,5)6;/h3*1-6H3;. The van der Waals surface area contributed by atoms with Crippen LogP contribution in [0.25, 0.3) is 0 Å². The van der Waals surface area contributed by atoms with Crippen LogP contribution in [0.5, 0.6) is 0 Å². The van der Waals surface area contributed by atoms with E-state index in [4.69, 9.17) is 0 Å². The van der Waals surface area contributed by atoms with E-state index in [0.717, 1.165) is 0 Å². The molecule has 46 heavy (non-hydrogen) atoms. The third kappa shape index (κ3) is 20.6. The molecule has 0 spiro atoms. The molecule has 0 aromatic rings. The fourth-order valence-electron chi connectivity index (χ4n) is 1.77. The van der Waals surface area contributed by atoms with Crippen LogP contribution in [0.4, 0.5) is 0 Å². The zero-order valence-electron chi connectivity index (χ0n) is 31.0. The predicted molar refractivity (Wildman–Crippen MR) is 165 cm³/mol. The van der Waals surface area contributed by atoms with Crippen LogP contribution >= 0.6 is 0 Å². The van der Waals surface area contributed by atoms with E-state index in [2.05, 4.69) is 14.2 Å². The SMILES string of the molecule is CC(C)(C)C(=O)OC(=O)C(=O)C(C)(C)C.CC(C)(C)C(=O)OC(=O)C(=O)C(C)(C)C.CC(C)(C)C(=O)OC(=O)C(=O)C(C)(C)C.[Y]. The fourth-order valence-corrected chi connectivity index (χ4v) is 1.77. The Labute approximate surface area is 299 Å². The molecule has 0 saturated heterocycles. The molecule has 0 aliphatic rings. The molecular formula is C33H54O12Y. The van der Waals surface area contributed by atoms with E-state index in [0.29, 0.717) is 0 Å². The van der Waals surface area contributed by atoms with Crippen LogP contribution in [-0.4, -0.2) is 53.2 Å². The van der Waals surface area contributed by atoms with E-state index < -0.39 is 85.7 Å². The van der Waals surface area contributed by atoms with Crippen molar-refractivity contribution in [3.63, 3.8) is 0 Å². The zero-order chi connectivity index (χ0) is 37.3. The molecule has 1 radical (unpaired) electrons. The van der Waals surface area contributed by atoms with E-state index in [1.165, 1.54) is 0 Å². The summed E-state index contributed by atoms with van der Waals surface area (Å²) in [6.07, 6.45) is 0. The monoisotopic (exact) mass is 731 g/mol. The molecular weight excluding hydrogens is 677 g/mol. The van der Waals surface area contributed by atoms with E-state index >= 15 is 0 Å². The number of hydrogen-bond acceptors (Lipinski definition) is 12. The molecule has 0 fully saturated rings. The van der Waals surface area contributed by atoms with Gasteiger partial charge in [0.05, 0.1) is 16.2 Å². The number of rotatable bonds is 3. The molecule has 261 valence electrons. The van der Waals surface area contributed by atoms with Crippen molar-refractivity contribution >= 4 is 53.2 Å². The summed E-state index contributed by atoms with van der Waals surface area (Å²) in [5, 5.41) is 0. The smallest absolute Gasteiger partial charge is 0.382 e. The summed E-state index contributed by atoms with van der Waals surface area (Å²) in [5.41, 5.74) is -4.82. The van der Waals surface area contributed by atoms with Gasteiger partial charge in [-0.25, -0.2) is 14.4 Å². The number of Topliss-reactive ketones (excluding diaryl/α,β-unsaturated/α-hetero) is 3. The van der Waals surface area contributed by atoms with Gasteiger partial charge in [0, 0.05) is 49.0 Å². The van der Waals surface area contributed by atoms with Gasteiger partial charge in [0.1, 0.15) is 0 Å². The minimum Gasteiger partial charge on any atom is -0.387 e. The van der Waals surface area contributed by atoms with Gasteiger partial charge in [-0.15, -0.1) is 0 Å². The van der Waals surface area contributed by atoms with Gasteiger partial charge in [-0.3, -0.25) is 28.8 Å².